The molecule has 1 heterocycles. The molecule has 6 nitrogen and oxygen atoms in total. The number of hydrogen-bond donors (Lipinski definition) is 0. The molecule has 1 aliphatic heterocycles. The summed E-state index contributed by atoms with van der Waals surface area (Å²) in [7, 11) is 0. The van der Waals surface area contributed by atoms with Crippen molar-refractivity contribution in [3.8, 4) is 0 Å². The summed E-state index contributed by atoms with van der Waals surface area (Å²) in [6, 6.07) is 10.7. The van der Waals surface area contributed by atoms with Gasteiger partial charge in [0.05, 0.1) is 27.4 Å². The van der Waals surface area contributed by atoms with Gasteiger partial charge < -0.3 is 0 Å². The van der Waals surface area contributed by atoms with Crippen molar-refractivity contribution in [3.63, 3.8) is 0 Å². The number of carbonyl (C=O) groups excluding carboxylic acids is 4. The fourth-order valence-corrected chi connectivity index (χ4v) is 6.85. The van der Waals surface area contributed by atoms with Gasteiger partial charge in [-0.25, -0.2) is 5.01 Å². The lowest BCUT2D eigenvalue weighted by atomic mass is 9.63. The predicted octanol–water partition coefficient (Wildman–Crippen LogP) is 4.94. The molecule has 9 heteroatoms. The first-order chi connectivity index (χ1) is 16.8. The lowest BCUT2D eigenvalue weighted by Gasteiger charge is -2.37. The van der Waals surface area contributed by atoms with Gasteiger partial charge >= 0.3 is 0 Å². The molecule has 2 aromatic carbocycles. The summed E-state index contributed by atoms with van der Waals surface area (Å²) in [5.74, 6) is -2.39. The van der Waals surface area contributed by atoms with E-state index in [1.165, 1.54) is 30.3 Å². The average molecular weight is 530 g/mol. The van der Waals surface area contributed by atoms with Gasteiger partial charge in [0.25, 0.3) is 17.7 Å². The molecule has 0 N–H and O–H groups in total. The second-order valence-corrected chi connectivity index (χ2v) is 10.8. The van der Waals surface area contributed by atoms with Gasteiger partial charge in [0.1, 0.15) is 6.54 Å². The van der Waals surface area contributed by atoms with E-state index in [2.05, 4.69) is 0 Å². The molecule has 0 aromatic heterocycles. The molecular formula is C26H19Cl3N2O4. The monoisotopic (exact) mass is 528 g/mol. The molecule has 7 rings (SSSR count). The number of amides is 3. The maximum atomic E-state index is 13.7. The third-order valence-corrected chi connectivity index (χ3v) is 8.62. The molecule has 2 bridgehead atoms. The Morgan fingerprint density at radius 2 is 1.49 bits per heavy atom. The number of ketones is 1. The minimum absolute atomic E-state index is 0.0184. The van der Waals surface area contributed by atoms with Gasteiger partial charge in [-0.1, -0.05) is 59.1 Å². The van der Waals surface area contributed by atoms with Crippen LogP contribution in [0.2, 0.25) is 15.1 Å². The van der Waals surface area contributed by atoms with Crippen LogP contribution in [0.3, 0.4) is 0 Å². The molecule has 35 heavy (non-hydrogen) atoms. The van der Waals surface area contributed by atoms with Crippen molar-refractivity contribution in [1.82, 2.24) is 10.0 Å². The zero-order valence-corrected chi connectivity index (χ0v) is 20.5. The maximum Gasteiger partial charge on any atom is 0.274 e. The van der Waals surface area contributed by atoms with Gasteiger partial charge in [-0.3, -0.25) is 19.2 Å². The van der Waals surface area contributed by atoms with Crippen LogP contribution < -0.4 is 0 Å². The Labute approximate surface area is 216 Å². The van der Waals surface area contributed by atoms with Crippen molar-refractivity contribution in [2.75, 3.05) is 6.54 Å². The lowest BCUT2D eigenvalue weighted by molar-refractivity contribution is -0.154. The van der Waals surface area contributed by atoms with E-state index >= 15 is 0 Å². The van der Waals surface area contributed by atoms with Gasteiger partial charge in [-0.05, 0) is 60.4 Å². The summed E-state index contributed by atoms with van der Waals surface area (Å²) in [5, 5.41) is 2.44. The van der Waals surface area contributed by atoms with E-state index in [9.17, 15) is 19.2 Å². The number of rotatable bonds is 5. The molecule has 178 valence electrons. The minimum Gasteiger partial charge on any atom is -0.292 e. The summed E-state index contributed by atoms with van der Waals surface area (Å²) in [4.78, 5) is 54.3. The Hall–Kier alpha value is -2.67. The maximum absolute atomic E-state index is 13.7. The fraction of sp³-hybridized carbons (Fsp3) is 0.308. The van der Waals surface area contributed by atoms with Crippen LogP contribution in [0.1, 0.15) is 27.1 Å². The first-order valence-corrected chi connectivity index (χ1v) is 12.5. The standard InChI is InChI=1S/C26H19Cl3N2O4/c27-12-5-6-15(20(29)9-12)21(32)11-30(24(33)16-3-1-2-4-19(16)28)31-25(34)22-13-7-8-14(18-10-17(13)18)23(22)26(31)35/h1-9,13-14,17-18,22-23H,10-11H2/t13-,14-,17-,18+,22+,23+/m0/s1. The van der Waals surface area contributed by atoms with Crippen molar-refractivity contribution in [2.45, 2.75) is 6.42 Å². The van der Waals surface area contributed by atoms with E-state index in [4.69, 9.17) is 34.8 Å². The number of benzene rings is 2. The van der Waals surface area contributed by atoms with Crippen molar-refractivity contribution >= 4 is 58.3 Å². The van der Waals surface area contributed by atoms with Crippen LogP contribution >= 0.6 is 34.8 Å². The lowest BCUT2D eigenvalue weighted by Crippen LogP contribution is -2.52. The zero-order valence-electron chi connectivity index (χ0n) is 18.2. The zero-order chi connectivity index (χ0) is 24.6. The Balaban J connectivity index is 1.39. The largest absolute Gasteiger partial charge is 0.292 e. The van der Waals surface area contributed by atoms with E-state index in [1.807, 2.05) is 12.2 Å². The number of hydrogen-bond acceptors (Lipinski definition) is 4. The summed E-state index contributed by atoms with van der Waals surface area (Å²) < 4.78 is 0. The molecule has 2 saturated carbocycles. The third-order valence-electron chi connectivity index (χ3n) is 7.74. The van der Waals surface area contributed by atoms with Gasteiger partial charge in [-0.2, -0.15) is 5.01 Å². The Morgan fingerprint density at radius 3 is 2.09 bits per heavy atom. The molecule has 0 spiro atoms. The van der Waals surface area contributed by atoms with Crippen LogP contribution in [0.5, 0.6) is 0 Å². The van der Waals surface area contributed by atoms with Crippen molar-refractivity contribution in [3.05, 3.63) is 80.8 Å². The number of hydrazine groups is 1. The van der Waals surface area contributed by atoms with Crippen molar-refractivity contribution < 1.29 is 19.2 Å². The minimum atomic E-state index is -0.708. The topological polar surface area (TPSA) is 74.8 Å². The van der Waals surface area contributed by atoms with Gasteiger partial charge in [0.2, 0.25) is 0 Å². The second kappa shape index (κ2) is 8.19. The highest BCUT2D eigenvalue weighted by Gasteiger charge is 2.68. The number of Topliss-reactive ketones (excluding diaryl/α,β-unsaturated/α-hetero) is 1. The molecule has 4 aliphatic carbocycles. The molecule has 5 aliphatic rings. The van der Waals surface area contributed by atoms with Crippen LogP contribution in [0.15, 0.2) is 54.6 Å². The van der Waals surface area contributed by atoms with Crippen molar-refractivity contribution in [1.29, 1.82) is 0 Å². The van der Waals surface area contributed by atoms with Gasteiger partial charge in [0, 0.05) is 10.6 Å². The van der Waals surface area contributed by atoms with Crippen LogP contribution in [0.4, 0.5) is 0 Å². The van der Waals surface area contributed by atoms with E-state index in [-0.39, 0.29) is 33.0 Å². The smallest absolute Gasteiger partial charge is 0.274 e. The summed E-state index contributed by atoms with van der Waals surface area (Å²) in [6.45, 7) is -0.558. The fourth-order valence-electron chi connectivity index (χ4n) is 6.12. The summed E-state index contributed by atoms with van der Waals surface area (Å²) >= 11 is 18.5. The second-order valence-electron chi connectivity index (χ2n) is 9.53. The molecule has 2 aromatic rings. The molecular weight excluding hydrogens is 511 g/mol. The number of nitrogens with zero attached hydrogens (tertiary/aromatic N) is 2. The molecule has 6 atom stereocenters. The van der Waals surface area contributed by atoms with E-state index in [1.54, 1.807) is 12.1 Å². The Morgan fingerprint density at radius 1 is 0.857 bits per heavy atom. The molecule has 3 amide bonds. The summed E-state index contributed by atoms with van der Waals surface area (Å²) in [6.07, 6.45) is 5.12. The van der Waals surface area contributed by atoms with E-state index < -0.39 is 41.9 Å². The van der Waals surface area contributed by atoms with Crippen LogP contribution in [0, 0.1) is 35.5 Å². The highest BCUT2D eigenvalue weighted by molar-refractivity contribution is 6.37. The number of imide groups is 1. The van der Waals surface area contributed by atoms with Crippen molar-refractivity contribution in [2.24, 2.45) is 35.5 Å². The quantitative estimate of drug-likeness (QED) is 0.312. The number of allylic oxidation sites excluding steroid dienone is 2. The number of carbonyl (C=O) groups is 4. The first kappa shape index (κ1) is 22.8. The SMILES string of the molecule is O=C(CN(C(=O)c1ccccc1Cl)N1C(=O)[C@@H]2[C@H]3C=C[C@@H]([C@@H]4C[C@H]34)[C@H]2C1=O)c1ccc(Cl)cc1Cl. The van der Waals surface area contributed by atoms with Gasteiger partial charge in [-0.15, -0.1) is 0 Å². The molecule has 1 saturated heterocycles. The van der Waals surface area contributed by atoms with E-state index in [0.717, 1.165) is 16.4 Å². The third kappa shape index (κ3) is 3.45. The van der Waals surface area contributed by atoms with Crippen LogP contribution in [0.25, 0.3) is 0 Å². The highest BCUT2D eigenvalue weighted by Crippen LogP contribution is 2.65. The van der Waals surface area contributed by atoms with Crippen LogP contribution in [-0.4, -0.2) is 40.1 Å². The molecule has 3 fully saturated rings. The first-order valence-electron chi connectivity index (χ1n) is 11.4. The predicted molar refractivity (Wildman–Crippen MR) is 130 cm³/mol. The van der Waals surface area contributed by atoms with Crippen LogP contribution in [-0.2, 0) is 9.59 Å². The Bertz CT molecular complexity index is 1310. The normalized spacial score (nSPS) is 29.7. The molecule has 0 radical (unpaired) electrons. The molecule has 0 unspecified atom stereocenters. The number of halogens is 3. The van der Waals surface area contributed by atoms with Gasteiger partial charge in [0.15, 0.2) is 5.78 Å². The highest BCUT2D eigenvalue weighted by atomic mass is 35.5. The Kier molecular flexibility index (Phi) is 5.33. The van der Waals surface area contributed by atoms with E-state index in [0.29, 0.717) is 16.9 Å². The average Bonchev–Trinajstić information content (AvgIpc) is 3.61. The summed E-state index contributed by atoms with van der Waals surface area (Å²) in [5.41, 5.74) is 0.219.